The molecule has 0 aromatic heterocycles. The molecule has 1 unspecified atom stereocenters. The van der Waals surface area contributed by atoms with E-state index in [1.54, 1.807) is 0 Å². The molecule has 21 heavy (non-hydrogen) atoms. The predicted octanol–water partition coefficient (Wildman–Crippen LogP) is 3.56. The molecule has 124 valence electrons. The highest BCUT2D eigenvalue weighted by Gasteiger charge is 2.10. The van der Waals surface area contributed by atoms with E-state index >= 15 is 0 Å². The first-order valence-corrected chi connectivity index (χ1v) is 9.70. The van der Waals surface area contributed by atoms with Crippen molar-refractivity contribution in [3.05, 3.63) is 0 Å². The molecule has 0 rings (SSSR count). The molecule has 0 aromatic rings. The molecule has 0 fully saturated rings. The molecule has 0 saturated carbocycles. The van der Waals surface area contributed by atoms with Crippen molar-refractivity contribution in [2.45, 2.75) is 90.1 Å². The van der Waals surface area contributed by atoms with E-state index in [1.807, 2.05) is 0 Å². The van der Waals surface area contributed by atoms with Gasteiger partial charge in [-0.25, -0.2) is 0 Å². The van der Waals surface area contributed by atoms with Gasteiger partial charge in [-0.15, -0.1) is 0 Å². The maximum absolute atomic E-state index is 10.5. The number of unbranched alkanes of at least 4 members (excludes halogenated alkanes) is 9. The van der Waals surface area contributed by atoms with E-state index < -0.39 is 16.2 Å². The lowest BCUT2D eigenvalue weighted by Crippen LogP contribution is -2.14. The van der Waals surface area contributed by atoms with E-state index in [0.29, 0.717) is 6.42 Å². The zero-order valence-corrected chi connectivity index (χ0v) is 15.8. The van der Waals surface area contributed by atoms with Crippen LogP contribution in [0.2, 0.25) is 0 Å². The van der Waals surface area contributed by atoms with Crippen LogP contribution in [0.15, 0.2) is 0 Å². The quantitative estimate of drug-likeness (QED) is 0.290. The predicted molar refractivity (Wildman–Crippen MR) is 89.3 cm³/mol. The molecule has 1 atom stereocenters. The standard InChI is InChI=1S/C15H32O4S.Mg/c1-2-3-4-5-6-7-8-9-10-11-12-15(16)13-14-20(17,18)19;/h15-16H,2-14H2,1H3,(H,17,18,19);. The Morgan fingerprint density at radius 1 is 0.810 bits per heavy atom. The summed E-state index contributed by atoms with van der Waals surface area (Å²) >= 11 is 0. The van der Waals surface area contributed by atoms with E-state index in [4.69, 9.17) is 4.55 Å². The largest absolute Gasteiger partial charge is 0.393 e. The zero-order chi connectivity index (χ0) is 15.3. The Morgan fingerprint density at radius 2 is 1.24 bits per heavy atom. The highest BCUT2D eigenvalue weighted by molar-refractivity contribution is 7.85. The zero-order valence-electron chi connectivity index (χ0n) is 13.6. The van der Waals surface area contributed by atoms with E-state index in [9.17, 15) is 13.5 Å². The summed E-state index contributed by atoms with van der Waals surface area (Å²) < 4.78 is 29.6. The van der Waals surface area contributed by atoms with Gasteiger partial charge in [0.1, 0.15) is 0 Å². The molecule has 0 saturated heterocycles. The van der Waals surface area contributed by atoms with Crippen LogP contribution in [0.5, 0.6) is 0 Å². The van der Waals surface area contributed by atoms with E-state index in [0.717, 1.165) is 12.8 Å². The van der Waals surface area contributed by atoms with Crippen molar-refractivity contribution >= 4 is 33.2 Å². The molecule has 0 spiro atoms. The average molecular weight is 333 g/mol. The number of hydrogen-bond acceptors (Lipinski definition) is 3. The minimum Gasteiger partial charge on any atom is -0.393 e. The van der Waals surface area contributed by atoms with Crippen molar-refractivity contribution in [2.75, 3.05) is 5.75 Å². The smallest absolute Gasteiger partial charge is 0.264 e. The van der Waals surface area contributed by atoms with Crippen LogP contribution in [0.25, 0.3) is 0 Å². The van der Waals surface area contributed by atoms with Crippen molar-refractivity contribution in [1.29, 1.82) is 0 Å². The summed E-state index contributed by atoms with van der Waals surface area (Å²) in [6.07, 6.45) is 12.6. The number of aliphatic hydroxyl groups is 1. The lowest BCUT2D eigenvalue weighted by Gasteiger charge is -2.09. The molecule has 6 heteroatoms. The Balaban J connectivity index is 0. The van der Waals surface area contributed by atoms with E-state index in [1.165, 1.54) is 51.4 Å². The van der Waals surface area contributed by atoms with Gasteiger partial charge in [0.25, 0.3) is 10.1 Å². The Hall–Kier alpha value is 0.636. The number of aliphatic hydroxyl groups excluding tert-OH is 1. The fourth-order valence-corrected chi connectivity index (χ4v) is 2.87. The van der Waals surface area contributed by atoms with Crippen molar-refractivity contribution in [3.8, 4) is 0 Å². The van der Waals surface area contributed by atoms with Gasteiger partial charge in [-0.05, 0) is 12.8 Å². The molecule has 4 nitrogen and oxygen atoms in total. The van der Waals surface area contributed by atoms with Crippen molar-refractivity contribution in [1.82, 2.24) is 0 Å². The van der Waals surface area contributed by atoms with Crippen LogP contribution in [-0.2, 0) is 10.1 Å². The van der Waals surface area contributed by atoms with Crippen molar-refractivity contribution in [2.24, 2.45) is 0 Å². The lowest BCUT2D eigenvalue weighted by atomic mass is 10.0. The second kappa shape index (κ2) is 15.5. The van der Waals surface area contributed by atoms with Gasteiger partial charge in [0.2, 0.25) is 0 Å². The van der Waals surface area contributed by atoms with Crippen molar-refractivity contribution in [3.63, 3.8) is 0 Å². The summed E-state index contributed by atoms with van der Waals surface area (Å²) in [7, 11) is -3.93. The summed E-state index contributed by atoms with van der Waals surface area (Å²) in [6.45, 7) is 2.23. The molecular weight excluding hydrogens is 301 g/mol. The van der Waals surface area contributed by atoms with Gasteiger partial charge in [0.05, 0.1) is 11.9 Å². The Bertz CT molecular complexity index is 307. The minimum atomic E-state index is -3.93. The number of hydrogen-bond donors (Lipinski definition) is 2. The maximum atomic E-state index is 10.5. The van der Waals surface area contributed by atoms with Crippen LogP contribution < -0.4 is 0 Å². The molecular formula is C15H32MgO4S. The van der Waals surface area contributed by atoms with Crippen LogP contribution >= 0.6 is 0 Å². The van der Waals surface area contributed by atoms with Gasteiger partial charge in [0.15, 0.2) is 0 Å². The monoisotopic (exact) mass is 332 g/mol. The van der Waals surface area contributed by atoms with Gasteiger partial charge >= 0.3 is 0 Å². The summed E-state index contributed by atoms with van der Waals surface area (Å²) in [5, 5.41) is 9.56. The van der Waals surface area contributed by atoms with Crippen LogP contribution in [0.4, 0.5) is 0 Å². The van der Waals surface area contributed by atoms with Crippen LogP contribution in [0.1, 0.15) is 84.0 Å². The third kappa shape index (κ3) is 20.6. The SMILES string of the molecule is CCCCCCCCCCCCC(O)CCS(=O)(=O)O.[Mg]. The lowest BCUT2D eigenvalue weighted by molar-refractivity contribution is 0.156. The minimum absolute atomic E-state index is 0. The van der Waals surface area contributed by atoms with Gasteiger partial charge < -0.3 is 5.11 Å². The van der Waals surface area contributed by atoms with Gasteiger partial charge in [-0.1, -0.05) is 71.1 Å². The molecule has 0 aliphatic heterocycles. The molecule has 0 amide bonds. The molecule has 0 aromatic carbocycles. The molecule has 0 aliphatic carbocycles. The highest BCUT2D eigenvalue weighted by Crippen LogP contribution is 2.13. The third-order valence-corrected chi connectivity index (χ3v) is 4.35. The van der Waals surface area contributed by atoms with E-state index in [-0.39, 0.29) is 35.2 Å². The van der Waals surface area contributed by atoms with Crippen LogP contribution in [-0.4, -0.2) is 53.0 Å². The Morgan fingerprint density at radius 3 is 1.67 bits per heavy atom. The van der Waals surface area contributed by atoms with E-state index in [2.05, 4.69) is 6.92 Å². The molecule has 2 N–H and O–H groups in total. The third-order valence-electron chi connectivity index (χ3n) is 3.60. The molecule has 2 radical (unpaired) electrons. The first-order valence-electron chi connectivity index (χ1n) is 8.09. The molecule has 0 heterocycles. The van der Waals surface area contributed by atoms with Gasteiger partial charge in [-0.3, -0.25) is 4.55 Å². The average Bonchev–Trinajstić information content (AvgIpc) is 2.38. The van der Waals surface area contributed by atoms with Gasteiger partial charge in [-0.2, -0.15) is 8.42 Å². The topological polar surface area (TPSA) is 74.6 Å². The molecule has 0 bridgehead atoms. The summed E-state index contributed by atoms with van der Waals surface area (Å²) in [5.74, 6) is -0.341. The fraction of sp³-hybridized carbons (Fsp3) is 1.00. The maximum Gasteiger partial charge on any atom is 0.264 e. The highest BCUT2D eigenvalue weighted by atomic mass is 32.2. The Kier molecular flexibility index (Phi) is 17.7. The first kappa shape index (κ1) is 23.9. The first-order chi connectivity index (χ1) is 9.45. The second-order valence-corrected chi connectivity index (χ2v) is 7.27. The summed E-state index contributed by atoms with van der Waals surface area (Å²) in [5.41, 5.74) is 0. The summed E-state index contributed by atoms with van der Waals surface area (Å²) in [6, 6.07) is 0. The number of rotatable bonds is 14. The molecule has 0 aliphatic rings. The summed E-state index contributed by atoms with van der Waals surface area (Å²) in [4.78, 5) is 0. The second-order valence-electron chi connectivity index (χ2n) is 5.70. The van der Waals surface area contributed by atoms with Crippen LogP contribution in [0.3, 0.4) is 0 Å². The Labute approximate surface area is 147 Å². The normalized spacial score (nSPS) is 12.9. The van der Waals surface area contributed by atoms with Crippen molar-refractivity contribution < 1.29 is 18.1 Å². The van der Waals surface area contributed by atoms with Gasteiger partial charge in [0, 0.05) is 23.1 Å². The fourth-order valence-electron chi connectivity index (χ4n) is 2.30. The van der Waals surface area contributed by atoms with Crippen LogP contribution in [0, 0.1) is 0 Å².